The summed E-state index contributed by atoms with van der Waals surface area (Å²) < 4.78 is 0. The molecule has 0 spiro atoms. The van der Waals surface area contributed by atoms with Crippen LogP contribution >= 0.6 is 0 Å². The van der Waals surface area contributed by atoms with Crippen LogP contribution in [-0.4, -0.2) is 22.7 Å². The van der Waals surface area contributed by atoms with E-state index in [1.165, 1.54) is 38.1 Å². The van der Waals surface area contributed by atoms with E-state index < -0.39 is 0 Å². The van der Waals surface area contributed by atoms with Crippen molar-refractivity contribution in [3.05, 3.63) is 96.2 Å². The quantitative estimate of drug-likeness (QED) is 0.356. The number of hydrogen-bond donors (Lipinski definition) is 3. The van der Waals surface area contributed by atoms with Crippen molar-refractivity contribution in [1.82, 2.24) is 10.3 Å². The van der Waals surface area contributed by atoms with E-state index in [-0.39, 0.29) is 12.6 Å². The third-order valence-corrected chi connectivity index (χ3v) is 5.81. The number of rotatable bonds is 6. The van der Waals surface area contributed by atoms with Crippen LogP contribution in [0.1, 0.15) is 11.1 Å². The summed E-state index contributed by atoms with van der Waals surface area (Å²) in [6.45, 7) is 0.817. The Hall–Kier alpha value is -3.14. The maximum absolute atomic E-state index is 10.0. The van der Waals surface area contributed by atoms with E-state index in [1.54, 1.807) is 0 Å². The van der Waals surface area contributed by atoms with Crippen molar-refractivity contribution >= 4 is 32.4 Å². The first-order valence-electron chi connectivity index (χ1n) is 10.1. The third-order valence-electron chi connectivity index (χ3n) is 5.81. The number of hydrogen-bond acceptors (Lipinski definition) is 2. The number of benzene rings is 4. The molecule has 5 rings (SSSR count). The van der Waals surface area contributed by atoms with Gasteiger partial charge in [-0.1, -0.05) is 66.7 Å². The molecule has 1 atom stereocenters. The van der Waals surface area contributed by atoms with Crippen LogP contribution in [0.25, 0.3) is 32.4 Å². The molecule has 0 saturated heterocycles. The maximum atomic E-state index is 10.0. The Morgan fingerprint density at radius 2 is 1.41 bits per heavy atom. The summed E-state index contributed by atoms with van der Waals surface area (Å²) in [6, 6.07) is 27.6. The van der Waals surface area contributed by atoms with E-state index in [2.05, 4.69) is 89.3 Å². The Morgan fingerprint density at radius 3 is 2.10 bits per heavy atom. The van der Waals surface area contributed by atoms with Crippen LogP contribution < -0.4 is 5.32 Å². The summed E-state index contributed by atoms with van der Waals surface area (Å²) in [5.74, 6) is 0. The molecule has 3 heteroatoms. The molecule has 3 N–H and O–H groups in total. The van der Waals surface area contributed by atoms with Gasteiger partial charge in [-0.3, -0.25) is 0 Å². The van der Waals surface area contributed by atoms with Crippen LogP contribution in [0.3, 0.4) is 0 Å². The standard InChI is InChI=1S/C26H24N2O/c29-17-21(14-20-15-28-26-12-6-5-11-24(20)26)27-16-25-22-9-3-1-7-18(22)13-19-8-2-4-10-23(19)25/h1-13,15,21,27-29H,14,16-17H2/t21-/m0/s1. The lowest BCUT2D eigenvalue weighted by Crippen LogP contribution is -2.34. The Kier molecular flexibility index (Phi) is 4.76. The second-order valence-electron chi connectivity index (χ2n) is 7.62. The van der Waals surface area contributed by atoms with Gasteiger partial charge in [0.05, 0.1) is 6.61 Å². The van der Waals surface area contributed by atoms with Crippen molar-refractivity contribution in [2.45, 2.75) is 19.0 Å². The highest BCUT2D eigenvalue weighted by molar-refractivity contribution is 6.02. The van der Waals surface area contributed by atoms with Gasteiger partial charge in [0.1, 0.15) is 0 Å². The number of aromatic nitrogens is 1. The molecule has 0 bridgehead atoms. The summed E-state index contributed by atoms with van der Waals surface area (Å²) in [5, 5.41) is 19.9. The second kappa shape index (κ2) is 7.70. The fraction of sp³-hybridized carbons (Fsp3) is 0.154. The van der Waals surface area contributed by atoms with Crippen LogP contribution in [0.15, 0.2) is 85.1 Å². The fourth-order valence-electron chi connectivity index (χ4n) is 4.31. The van der Waals surface area contributed by atoms with Crippen molar-refractivity contribution in [1.29, 1.82) is 0 Å². The third kappa shape index (κ3) is 3.39. The van der Waals surface area contributed by atoms with Crippen LogP contribution in [0, 0.1) is 0 Å². The van der Waals surface area contributed by atoms with Crippen molar-refractivity contribution in [2.75, 3.05) is 6.61 Å². The summed E-state index contributed by atoms with van der Waals surface area (Å²) in [5.41, 5.74) is 3.66. The van der Waals surface area contributed by atoms with Gasteiger partial charge >= 0.3 is 0 Å². The average molecular weight is 380 g/mol. The zero-order valence-electron chi connectivity index (χ0n) is 16.2. The van der Waals surface area contributed by atoms with Gasteiger partial charge in [-0.05, 0) is 51.2 Å². The molecule has 5 aromatic rings. The zero-order chi connectivity index (χ0) is 19.6. The monoisotopic (exact) mass is 380 g/mol. The van der Waals surface area contributed by atoms with E-state index in [0.29, 0.717) is 0 Å². The van der Waals surface area contributed by atoms with Crippen LogP contribution in [-0.2, 0) is 13.0 Å². The number of nitrogens with one attached hydrogen (secondary N) is 2. The number of aliphatic hydroxyl groups is 1. The molecule has 29 heavy (non-hydrogen) atoms. The highest BCUT2D eigenvalue weighted by Gasteiger charge is 2.14. The van der Waals surface area contributed by atoms with Gasteiger partial charge in [0, 0.05) is 29.7 Å². The lowest BCUT2D eigenvalue weighted by atomic mass is 9.96. The van der Waals surface area contributed by atoms with E-state index >= 15 is 0 Å². The first-order chi connectivity index (χ1) is 14.3. The minimum Gasteiger partial charge on any atom is -0.395 e. The van der Waals surface area contributed by atoms with Crippen LogP contribution in [0.2, 0.25) is 0 Å². The Bertz CT molecular complexity index is 1230. The molecule has 0 saturated carbocycles. The van der Waals surface area contributed by atoms with Gasteiger partial charge in [-0.25, -0.2) is 0 Å². The molecule has 0 aliphatic carbocycles. The van der Waals surface area contributed by atoms with Gasteiger partial charge in [-0.15, -0.1) is 0 Å². The Labute approximate surface area is 170 Å². The predicted octanol–water partition coefficient (Wildman–Crippen LogP) is 5.17. The minimum atomic E-state index is -0.00747. The Balaban J connectivity index is 1.45. The first kappa shape index (κ1) is 17.9. The normalized spacial score (nSPS) is 12.7. The molecule has 0 aliphatic heterocycles. The van der Waals surface area contributed by atoms with Crippen molar-refractivity contribution in [3.63, 3.8) is 0 Å². The predicted molar refractivity (Wildman–Crippen MR) is 121 cm³/mol. The molecule has 4 aromatic carbocycles. The smallest absolute Gasteiger partial charge is 0.0588 e. The number of aromatic amines is 1. The van der Waals surface area contributed by atoms with Crippen molar-refractivity contribution in [3.8, 4) is 0 Å². The molecule has 0 fully saturated rings. The highest BCUT2D eigenvalue weighted by Crippen LogP contribution is 2.28. The molecular formula is C26H24N2O. The molecule has 0 aliphatic rings. The van der Waals surface area contributed by atoms with Gasteiger partial charge in [0.15, 0.2) is 0 Å². The van der Waals surface area contributed by atoms with E-state index in [1.807, 2.05) is 6.07 Å². The minimum absolute atomic E-state index is 0.00747. The largest absolute Gasteiger partial charge is 0.395 e. The lowest BCUT2D eigenvalue weighted by Gasteiger charge is -2.18. The number of para-hydroxylation sites is 1. The van der Waals surface area contributed by atoms with E-state index in [4.69, 9.17) is 0 Å². The van der Waals surface area contributed by atoms with Gasteiger partial charge < -0.3 is 15.4 Å². The number of H-pyrrole nitrogens is 1. The summed E-state index contributed by atoms with van der Waals surface area (Å²) in [7, 11) is 0. The topological polar surface area (TPSA) is 48.0 Å². The molecule has 3 nitrogen and oxygen atoms in total. The lowest BCUT2D eigenvalue weighted by molar-refractivity contribution is 0.241. The maximum Gasteiger partial charge on any atom is 0.0588 e. The fourth-order valence-corrected chi connectivity index (χ4v) is 4.31. The van der Waals surface area contributed by atoms with Crippen molar-refractivity contribution in [2.24, 2.45) is 0 Å². The second-order valence-corrected chi connectivity index (χ2v) is 7.62. The number of aliphatic hydroxyl groups excluding tert-OH is 1. The summed E-state index contributed by atoms with van der Waals surface area (Å²) >= 11 is 0. The molecule has 144 valence electrons. The molecule has 0 radical (unpaired) electrons. The van der Waals surface area contributed by atoms with Crippen molar-refractivity contribution < 1.29 is 5.11 Å². The van der Waals surface area contributed by atoms with Crippen LogP contribution in [0.5, 0.6) is 0 Å². The average Bonchev–Trinajstić information content (AvgIpc) is 3.18. The summed E-state index contributed by atoms with van der Waals surface area (Å²) in [4.78, 5) is 3.33. The SMILES string of the molecule is OC[C@H](Cc1c[nH]c2ccccc12)NCc1c2ccccc2cc2ccccc12. The van der Waals surface area contributed by atoms with Gasteiger partial charge in [0.2, 0.25) is 0 Å². The molecule has 1 heterocycles. The van der Waals surface area contributed by atoms with E-state index in [0.717, 1.165) is 18.5 Å². The zero-order valence-corrected chi connectivity index (χ0v) is 16.2. The van der Waals surface area contributed by atoms with Gasteiger partial charge in [0.25, 0.3) is 0 Å². The number of fused-ring (bicyclic) bond motifs is 3. The molecule has 0 amide bonds. The van der Waals surface area contributed by atoms with Gasteiger partial charge in [-0.2, -0.15) is 0 Å². The van der Waals surface area contributed by atoms with Crippen LogP contribution in [0.4, 0.5) is 0 Å². The first-order valence-corrected chi connectivity index (χ1v) is 10.1. The highest BCUT2D eigenvalue weighted by atomic mass is 16.3. The van der Waals surface area contributed by atoms with E-state index in [9.17, 15) is 5.11 Å². The molecule has 1 aromatic heterocycles. The summed E-state index contributed by atoms with van der Waals surface area (Å²) in [6.07, 6.45) is 2.84. The Morgan fingerprint density at radius 1 is 0.793 bits per heavy atom. The molecule has 0 unspecified atom stereocenters. The molecular weight excluding hydrogens is 356 g/mol.